The molecule has 0 N–H and O–H groups in total. The lowest BCUT2D eigenvalue weighted by atomic mass is 9.84. The van der Waals surface area contributed by atoms with Crippen LogP contribution in [0.5, 0.6) is 0 Å². The van der Waals surface area contributed by atoms with Crippen molar-refractivity contribution < 1.29 is 8.42 Å². The first-order valence-electron chi connectivity index (χ1n) is 11.6. The Labute approximate surface area is 207 Å². The molecule has 2 aromatic rings. The van der Waals surface area contributed by atoms with Crippen LogP contribution < -0.4 is 4.90 Å². The molecular formula is C25H34IN3O2S. The van der Waals surface area contributed by atoms with Crippen molar-refractivity contribution in [2.45, 2.75) is 43.5 Å². The highest BCUT2D eigenvalue weighted by molar-refractivity contribution is 14.1. The van der Waals surface area contributed by atoms with Gasteiger partial charge in [0.15, 0.2) is 0 Å². The predicted molar refractivity (Wildman–Crippen MR) is 140 cm³/mol. The minimum atomic E-state index is -3.38. The molecule has 1 aliphatic heterocycles. The van der Waals surface area contributed by atoms with E-state index in [4.69, 9.17) is 0 Å². The molecule has 1 saturated heterocycles. The molecule has 0 unspecified atom stereocenters. The van der Waals surface area contributed by atoms with Crippen LogP contribution in [-0.4, -0.2) is 63.4 Å². The number of halogens is 1. The molecule has 0 aromatic heterocycles. The number of anilines is 1. The molecule has 5 nitrogen and oxygen atoms in total. The van der Waals surface area contributed by atoms with Crippen molar-refractivity contribution >= 4 is 38.3 Å². The van der Waals surface area contributed by atoms with E-state index in [9.17, 15) is 8.42 Å². The van der Waals surface area contributed by atoms with Crippen LogP contribution in [0.2, 0.25) is 0 Å². The van der Waals surface area contributed by atoms with E-state index in [-0.39, 0.29) is 0 Å². The van der Waals surface area contributed by atoms with Crippen molar-refractivity contribution in [1.82, 2.24) is 9.21 Å². The molecule has 2 aromatic carbocycles. The summed E-state index contributed by atoms with van der Waals surface area (Å²) in [4.78, 5) is 5.32. The summed E-state index contributed by atoms with van der Waals surface area (Å²) in [5, 5.41) is 0. The average Bonchev–Trinajstić information content (AvgIpc) is 2.80. The Kier molecular flexibility index (Phi) is 7.80. The molecule has 174 valence electrons. The molecule has 32 heavy (non-hydrogen) atoms. The third-order valence-corrected chi connectivity index (χ3v) is 9.70. The molecule has 2 fully saturated rings. The second-order valence-corrected chi connectivity index (χ2v) is 12.5. The van der Waals surface area contributed by atoms with Gasteiger partial charge in [-0.05, 0) is 97.5 Å². The van der Waals surface area contributed by atoms with Gasteiger partial charge < -0.3 is 4.90 Å². The highest BCUT2D eigenvalue weighted by Crippen LogP contribution is 2.30. The summed E-state index contributed by atoms with van der Waals surface area (Å²) in [6.07, 6.45) is 4.94. The lowest BCUT2D eigenvalue weighted by Gasteiger charge is -2.42. The van der Waals surface area contributed by atoms with Crippen molar-refractivity contribution in [2.75, 3.05) is 44.7 Å². The van der Waals surface area contributed by atoms with Gasteiger partial charge in [-0.1, -0.05) is 17.7 Å². The fourth-order valence-electron chi connectivity index (χ4n) is 5.05. The summed E-state index contributed by atoms with van der Waals surface area (Å²) in [6.45, 7) is 5.93. The van der Waals surface area contributed by atoms with Crippen molar-refractivity contribution in [2.24, 2.45) is 5.92 Å². The summed E-state index contributed by atoms with van der Waals surface area (Å²) >= 11 is 2.35. The summed E-state index contributed by atoms with van der Waals surface area (Å²) < 4.78 is 28.9. The minimum Gasteiger partial charge on any atom is -0.374 e. The molecule has 0 atom stereocenters. The quantitative estimate of drug-likeness (QED) is 0.479. The number of hydrogen-bond donors (Lipinski definition) is 0. The van der Waals surface area contributed by atoms with Gasteiger partial charge in [-0.2, -0.15) is 4.31 Å². The van der Waals surface area contributed by atoms with E-state index in [1.165, 1.54) is 34.9 Å². The monoisotopic (exact) mass is 567 g/mol. The van der Waals surface area contributed by atoms with Gasteiger partial charge in [0.1, 0.15) is 0 Å². The zero-order valence-electron chi connectivity index (χ0n) is 19.1. The van der Waals surface area contributed by atoms with Gasteiger partial charge in [-0.25, -0.2) is 8.42 Å². The molecule has 1 saturated carbocycles. The zero-order chi connectivity index (χ0) is 22.7. The minimum absolute atomic E-state index is 0.411. The molecule has 0 bridgehead atoms. The Morgan fingerprint density at radius 2 is 1.50 bits per heavy atom. The molecule has 0 amide bonds. The summed E-state index contributed by atoms with van der Waals surface area (Å²) in [7, 11) is -1.19. The molecule has 0 radical (unpaired) electrons. The van der Waals surface area contributed by atoms with Crippen LogP contribution in [0, 0.1) is 16.4 Å². The van der Waals surface area contributed by atoms with E-state index < -0.39 is 10.0 Å². The first-order chi connectivity index (χ1) is 15.3. The van der Waals surface area contributed by atoms with Crippen LogP contribution >= 0.6 is 22.6 Å². The Hall–Kier alpha value is -1.16. The van der Waals surface area contributed by atoms with E-state index >= 15 is 0 Å². The standard InChI is InChI=1S/C25H34IN3O2S/c1-20-3-13-25(14-4-20)32(30,31)29-17-15-28(16-18-29)24-9-5-21(6-10-24)19-27(2)23-11-7-22(26)8-12-23/h3-4,7-8,11-14,21,24H,5-6,9-10,15-19H2,1-2H3. The summed E-state index contributed by atoms with van der Waals surface area (Å²) in [5.74, 6) is 0.735. The zero-order valence-corrected chi connectivity index (χ0v) is 22.1. The van der Waals surface area contributed by atoms with Crippen LogP contribution in [0.3, 0.4) is 0 Å². The Morgan fingerprint density at radius 1 is 0.906 bits per heavy atom. The van der Waals surface area contributed by atoms with Gasteiger partial charge in [-0.15, -0.1) is 0 Å². The van der Waals surface area contributed by atoms with E-state index in [0.717, 1.165) is 31.1 Å². The smallest absolute Gasteiger partial charge is 0.243 e. The van der Waals surface area contributed by atoms with Crippen molar-refractivity contribution in [3.05, 3.63) is 57.7 Å². The predicted octanol–water partition coefficient (Wildman–Crippen LogP) is 4.60. The van der Waals surface area contributed by atoms with Gasteiger partial charge in [0.25, 0.3) is 0 Å². The maximum Gasteiger partial charge on any atom is 0.243 e. The van der Waals surface area contributed by atoms with Crippen molar-refractivity contribution in [3.63, 3.8) is 0 Å². The Morgan fingerprint density at radius 3 is 2.09 bits per heavy atom. The fraction of sp³-hybridized carbons (Fsp3) is 0.520. The van der Waals surface area contributed by atoms with Crippen LogP contribution in [0.4, 0.5) is 5.69 Å². The first kappa shape index (κ1) is 24.0. The number of rotatable bonds is 6. The lowest BCUT2D eigenvalue weighted by molar-refractivity contribution is 0.0993. The summed E-state index contributed by atoms with van der Waals surface area (Å²) in [5.41, 5.74) is 2.37. The second kappa shape index (κ2) is 10.4. The third kappa shape index (κ3) is 5.66. The maximum absolute atomic E-state index is 13.0. The van der Waals surface area contributed by atoms with E-state index in [1.807, 2.05) is 19.1 Å². The van der Waals surface area contributed by atoms with Gasteiger partial charge in [-0.3, -0.25) is 4.90 Å². The Bertz CT molecular complexity index is 979. The van der Waals surface area contributed by atoms with Gasteiger partial charge in [0.2, 0.25) is 10.0 Å². The van der Waals surface area contributed by atoms with E-state index in [0.29, 0.717) is 24.0 Å². The fourth-order valence-corrected chi connectivity index (χ4v) is 6.83. The van der Waals surface area contributed by atoms with E-state index in [1.54, 1.807) is 16.4 Å². The van der Waals surface area contributed by atoms with Crippen LogP contribution in [0.15, 0.2) is 53.4 Å². The number of aryl methyl sites for hydroxylation is 1. The lowest BCUT2D eigenvalue weighted by Crippen LogP contribution is -2.52. The number of sulfonamides is 1. The van der Waals surface area contributed by atoms with Gasteiger partial charge in [0, 0.05) is 55.1 Å². The molecule has 7 heteroatoms. The molecule has 1 heterocycles. The van der Waals surface area contributed by atoms with Gasteiger partial charge >= 0.3 is 0 Å². The highest BCUT2D eigenvalue weighted by Gasteiger charge is 2.32. The normalized spacial score (nSPS) is 23.2. The number of benzene rings is 2. The maximum atomic E-state index is 13.0. The van der Waals surface area contributed by atoms with Crippen molar-refractivity contribution in [1.29, 1.82) is 0 Å². The van der Waals surface area contributed by atoms with Crippen LogP contribution in [0.1, 0.15) is 31.2 Å². The summed E-state index contributed by atoms with van der Waals surface area (Å²) in [6, 6.07) is 16.5. The highest BCUT2D eigenvalue weighted by atomic mass is 127. The second-order valence-electron chi connectivity index (χ2n) is 9.28. The third-order valence-electron chi connectivity index (χ3n) is 7.06. The SMILES string of the molecule is Cc1ccc(S(=O)(=O)N2CCN(C3CCC(CN(C)c4ccc(I)cc4)CC3)CC2)cc1. The Balaban J connectivity index is 1.25. The number of nitrogens with zero attached hydrogens (tertiary/aromatic N) is 3. The van der Waals surface area contributed by atoms with Crippen molar-refractivity contribution in [3.8, 4) is 0 Å². The number of piperazine rings is 1. The largest absolute Gasteiger partial charge is 0.374 e. The topological polar surface area (TPSA) is 43.9 Å². The van der Waals surface area contributed by atoms with E-state index in [2.05, 4.69) is 63.7 Å². The number of hydrogen-bond acceptors (Lipinski definition) is 4. The molecule has 0 spiro atoms. The van der Waals surface area contributed by atoms with Gasteiger partial charge in [0.05, 0.1) is 4.90 Å². The molecular weight excluding hydrogens is 533 g/mol. The average molecular weight is 568 g/mol. The first-order valence-corrected chi connectivity index (χ1v) is 14.1. The molecule has 4 rings (SSSR count). The van der Waals surface area contributed by atoms with Crippen LogP contribution in [-0.2, 0) is 10.0 Å². The molecule has 2 aliphatic rings. The molecule has 1 aliphatic carbocycles. The van der Waals surface area contributed by atoms with Crippen LogP contribution in [0.25, 0.3) is 0 Å².